The molecule has 0 radical (unpaired) electrons. The summed E-state index contributed by atoms with van der Waals surface area (Å²) in [4.78, 5) is 28.0. The SMILES string of the molecule is CC(=O)O.CC(=O)O.CC(=O)O.O[C@@H]1[C@@H](O)[C@@H](Br)O[C@H](C(Br)Sc2ccccc2)[C@H]1O. The molecule has 0 spiro atoms. The number of aliphatic hydroxyl groups excluding tert-OH is 3. The van der Waals surface area contributed by atoms with Gasteiger partial charge in [0, 0.05) is 25.7 Å². The van der Waals surface area contributed by atoms with Gasteiger partial charge in [-0.15, -0.1) is 11.8 Å². The number of carboxylic acid groups (broad SMARTS) is 3. The summed E-state index contributed by atoms with van der Waals surface area (Å²) < 4.78 is 5.26. The average Bonchev–Trinajstić information content (AvgIpc) is 2.62. The number of carboxylic acids is 3. The maximum atomic E-state index is 9.97. The lowest BCUT2D eigenvalue weighted by atomic mass is 10.0. The zero-order valence-corrected chi connectivity index (χ0v) is 20.8. The van der Waals surface area contributed by atoms with Crippen LogP contribution in [0.15, 0.2) is 35.2 Å². The lowest BCUT2D eigenvalue weighted by Gasteiger charge is -2.40. The van der Waals surface area contributed by atoms with Gasteiger partial charge in [-0.25, -0.2) is 0 Å². The molecule has 10 nitrogen and oxygen atoms in total. The Kier molecular flexibility index (Phi) is 17.9. The Balaban J connectivity index is 0. The summed E-state index contributed by atoms with van der Waals surface area (Å²) in [7, 11) is 0. The van der Waals surface area contributed by atoms with Gasteiger partial charge in [-0.2, -0.15) is 0 Å². The number of hydrogen-bond donors (Lipinski definition) is 6. The summed E-state index contributed by atoms with van der Waals surface area (Å²) in [5, 5.41) is 50.9. The lowest BCUT2D eigenvalue weighted by molar-refractivity contribution is -0.190. The first-order valence-corrected chi connectivity index (χ1v) is 11.2. The lowest BCUT2D eigenvalue weighted by Crippen LogP contribution is -2.57. The largest absolute Gasteiger partial charge is 0.481 e. The van der Waals surface area contributed by atoms with Crippen molar-refractivity contribution in [1.29, 1.82) is 0 Å². The number of benzene rings is 1. The molecule has 0 amide bonds. The highest BCUT2D eigenvalue weighted by Crippen LogP contribution is 2.36. The molecule has 1 aromatic carbocycles. The first-order valence-electron chi connectivity index (χ1n) is 8.48. The minimum atomic E-state index is -1.24. The summed E-state index contributed by atoms with van der Waals surface area (Å²) in [6.45, 7) is 3.25. The maximum Gasteiger partial charge on any atom is 0.300 e. The number of hydrogen-bond acceptors (Lipinski definition) is 8. The molecule has 178 valence electrons. The van der Waals surface area contributed by atoms with Gasteiger partial charge in [0.25, 0.3) is 17.9 Å². The molecule has 1 unspecified atom stereocenters. The fraction of sp³-hybridized carbons (Fsp3) is 0.500. The highest BCUT2D eigenvalue weighted by Gasteiger charge is 2.45. The van der Waals surface area contributed by atoms with E-state index in [1.807, 2.05) is 30.3 Å². The molecule has 31 heavy (non-hydrogen) atoms. The van der Waals surface area contributed by atoms with E-state index in [-0.39, 0.29) is 4.16 Å². The molecule has 1 aromatic rings. The van der Waals surface area contributed by atoms with Crippen LogP contribution in [0.3, 0.4) is 0 Å². The predicted molar refractivity (Wildman–Crippen MR) is 121 cm³/mol. The van der Waals surface area contributed by atoms with Crippen LogP contribution in [-0.4, -0.2) is 82.1 Å². The van der Waals surface area contributed by atoms with Gasteiger partial charge in [-0.1, -0.05) is 50.1 Å². The van der Waals surface area contributed by atoms with Gasteiger partial charge in [0.05, 0.1) is 4.16 Å². The van der Waals surface area contributed by atoms with E-state index in [0.717, 1.165) is 25.7 Å². The molecule has 1 aliphatic rings. The highest BCUT2D eigenvalue weighted by molar-refractivity contribution is 9.11. The number of alkyl halides is 2. The van der Waals surface area contributed by atoms with Crippen LogP contribution < -0.4 is 0 Å². The summed E-state index contributed by atoms with van der Waals surface area (Å²) >= 11 is 8.08. The third-order valence-corrected chi connectivity index (χ3v) is 5.72. The third-order valence-electron chi connectivity index (χ3n) is 2.84. The van der Waals surface area contributed by atoms with E-state index in [4.69, 9.17) is 34.4 Å². The first-order chi connectivity index (χ1) is 14.2. The number of thioether (sulfide) groups is 1. The molecule has 1 fully saturated rings. The van der Waals surface area contributed by atoms with E-state index in [1.54, 1.807) is 0 Å². The predicted octanol–water partition coefficient (Wildman–Crippen LogP) is 1.97. The number of ether oxygens (including phenoxy) is 1. The van der Waals surface area contributed by atoms with Crippen molar-refractivity contribution >= 4 is 61.5 Å². The molecule has 0 aliphatic carbocycles. The number of halogens is 2. The zero-order chi connectivity index (χ0) is 24.7. The first kappa shape index (κ1) is 32.0. The molecule has 6 N–H and O–H groups in total. The Bertz CT molecular complexity index is 623. The van der Waals surface area contributed by atoms with Crippen LogP contribution in [-0.2, 0) is 19.1 Å². The third kappa shape index (κ3) is 17.1. The van der Waals surface area contributed by atoms with Crippen LogP contribution in [0.4, 0.5) is 0 Å². The normalized spacial score (nSPS) is 25.1. The summed E-state index contributed by atoms with van der Waals surface area (Å²) in [6, 6.07) is 9.67. The fourth-order valence-corrected chi connectivity index (χ4v) is 4.36. The second-order valence-electron chi connectivity index (χ2n) is 5.76. The molecule has 0 aromatic heterocycles. The van der Waals surface area contributed by atoms with Gasteiger partial charge in [-0.05, 0) is 12.1 Å². The Morgan fingerprint density at radius 1 is 0.871 bits per heavy atom. The number of aliphatic carboxylic acids is 3. The molecule has 1 heterocycles. The van der Waals surface area contributed by atoms with Crippen molar-refractivity contribution in [1.82, 2.24) is 0 Å². The average molecular weight is 594 g/mol. The number of carbonyl (C=O) groups is 3. The summed E-state index contributed by atoms with van der Waals surface area (Å²) in [6.07, 6.45) is -4.16. The van der Waals surface area contributed by atoms with Crippen molar-refractivity contribution in [2.75, 3.05) is 0 Å². The van der Waals surface area contributed by atoms with Crippen molar-refractivity contribution in [3.63, 3.8) is 0 Å². The number of aliphatic hydroxyl groups is 3. The second kappa shape index (κ2) is 17.3. The molecule has 2 rings (SSSR count). The maximum absolute atomic E-state index is 9.97. The van der Waals surface area contributed by atoms with Gasteiger partial charge >= 0.3 is 0 Å². The van der Waals surface area contributed by atoms with E-state index in [1.165, 1.54) is 11.8 Å². The van der Waals surface area contributed by atoms with Crippen molar-refractivity contribution in [3.8, 4) is 0 Å². The van der Waals surface area contributed by atoms with Gasteiger partial charge in [-0.3, -0.25) is 14.4 Å². The topological polar surface area (TPSA) is 182 Å². The van der Waals surface area contributed by atoms with Crippen molar-refractivity contribution in [2.24, 2.45) is 0 Å². The monoisotopic (exact) mass is 592 g/mol. The summed E-state index contributed by atoms with van der Waals surface area (Å²) in [5.41, 5.74) is 0. The molecular formula is C18H26Br2O10S. The van der Waals surface area contributed by atoms with Crippen molar-refractivity contribution in [3.05, 3.63) is 30.3 Å². The van der Waals surface area contributed by atoms with Gasteiger partial charge < -0.3 is 35.4 Å². The fourth-order valence-electron chi connectivity index (χ4n) is 1.78. The molecular weight excluding hydrogens is 568 g/mol. The highest BCUT2D eigenvalue weighted by atomic mass is 79.9. The molecule has 0 saturated carbocycles. The van der Waals surface area contributed by atoms with E-state index in [0.29, 0.717) is 0 Å². The van der Waals surface area contributed by atoms with E-state index < -0.39 is 47.3 Å². The van der Waals surface area contributed by atoms with E-state index in [2.05, 4.69) is 31.9 Å². The second-order valence-corrected chi connectivity index (χ2v) is 9.47. The Labute approximate surface area is 200 Å². The van der Waals surface area contributed by atoms with Gasteiger partial charge in [0.2, 0.25) is 0 Å². The van der Waals surface area contributed by atoms with Crippen LogP contribution in [0.5, 0.6) is 0 Å². The van der Waals surface area contributed by atoms with Gasteiger partial charge in [0.1, 0.15) is 29.4 Å². The van der Waals surface area contributed by atoms with E-state index in [9.17, 15) is 15.3 Å². The van der Waals surface area contributed by atoms with Crippen LogP contribution in [0.1, 0.15) is 20.8 Å². The van der Waals surface area contributed by atoms with Crippen molar-refractivity contribution < 1.29 is 49.8 Å². The van der Waals surface area contributed by atoms with Crippen LogP contribution in [0.25, 0.3) is 0 Å². The Hall–Kier alpha value is -1.22. The van der Waals surface area contributed by atoms with E-state index >= 15 is 0 Å². The van der Waals surface area contributed by atoms with Gasteiger partial charge in [0.15, 0.2) is 0 Å². The Morgan fingerprint density at radius 3 is 1.65 bits per heavy atom. The minimum Gasteiger partial charge on any atom is -0.481 e. The molecule has 0 bridgehead atoms. The standard InChI is InChI=1S/C12H14Br2O4S.3C2H4O2/c13-11-9(17)7(15)8(16)10(18-11)12(14)19-6-4-2-1-3-5-6;3*1-2(3)4/h1-5,7-12,15-17H;3*1H3,(H,3,4)/t7-,8-,9+,10-,11-,12?;;;/m0.../s1. The zero-order valence-electron chi connectivity index (χ0n) is 16.8. The summed E-state index contributed by atoms with van der Waals surface area (Å²) in [5.74, 6) is -2.50. The van der Waals surface area contributed by atoms with Crippen molar-refractivity contribution in [2.45, 2.75) is 59.3 Å². The molecule has 13 heteroatoms. The minimum absolute atomic E-state index is 0.243. The van der Waals surface area contributed by atoms with Crippen LogP contribution in [0, 0.1) is 0 Å². The molecule has 1 saturated heterocycles. The smallest absolute Gasteiger partial charge is 0.300 e. The quantitative estimate of drug-likeness (QED) is 0.222. The molecule has 6 atom stereocenters. The number of rotatable bonds is 3. The molecule has 1 aliphatic heterocycles. The van der Waals surface area contributed by atoms with Crippen LogP contribution in [0.2, 0.25) is 0 Å². The Morgan fingerprint density at radius 2 is 1.26 bits per heavy atom. The van der Waals surface area contributed by atoms with Crippen LogP contribution >= 0.6 is 43.6 Å².